The minimum Gasteiger partial charge on any atom is -0.440 e. The van der Waals surface area contributed by atoms with E-state index in [1.807, 2.05) is 6.20 Å². The van der Waals surface area contributed by atoms with Crippen molar-refractivity contribution in [2.75, 3.05) is 4.90 Å². The van der Waals surface area contributed by atoms with Crippen LogP contribution in [-0.2, 0) is 10.8 Å². The smallest absolute Gasteiger partial charge is 0.258 e. The lowest BCUT2D eigenvalue weighted by Gasteiger charge is -2.51. The van der Waals surface area contributed by atoms with Gasteiger partial charge in [0.25, 0.3) is 6.71 Å². The average molecular weight is 474 g/mol. The summed E-state index contributed by atoms with van der Waals surface area (Å²) in [5, 5.41) is 0. The van der Waals surface area contributed by atoms with Crippen LogP contribution in [0.15, 0.2) is 48.7 Å². The van der Waals surface area contributed by atoms with Gasteiger partial charge < -0.3 is 9.64 Å². The minimum absolute atomic E-state index is 0.147. The number of ether oxygens (including phenoxy) is 1. The summed E-state index contributed by atoms with van der Waals surface area (Å²) in [6, 6.07) is 16.9. The summed E-state index contributed by atoms with van der Waals surface area (Å²) < 4.78 is 6.69. The molecule has 36 heavy (non-hydrogen) atoms. The molecule has 3 aromatic rings. The van der Waals surface area contributed by atoms with Crippen LogP contribution in [0.3, 0.4) is 0 Å². The highest BCUT2D eigenvalue weighted by atomic mass is 16.5. The molecule has 3 saturated carbocycles. The Labute approximate surface area is 215 Å². The molecule has 4 heteroatoms. The highest BCUT2D eigenvalue weighted by Crippen LogP contribution is 2.51. The second-order valence-corrected chi connectivity index (χ2v) is 13.5. The molecule has 1 aromatic heterocycles. The highest BCUT2D eigenvalue weighted by Gasteiger charge is 2.49. The summed E-state index contributed by atoms with van der Waals surface area (Å²) in [4.78, 5) is 7.53. The van der Waals surface area contributed by atoms with Crippen LogP contribution in [0.1, 0.15) is 77.3 Å². The molecular weight excluding hydrogens is 439 g/mol. The molecule has 1 atom stereocenters. The fraction of sp³-hybridized carbons (Fsp3) is 0.469. The summed E-state index contributed by atoms with van der Waals surface area (Å²) in [6.45, 7) is 9.75. The van der Waals surface area contributed by atoms with E-state index >= 15 is 0 Å². The van der Waals surface area contributed by atoms with Crippen LogP contribution >= 0.6 is 0 Å². The van der Waals surface area contributed by atoms with Crippen LogP contribution in [0.5, 0.6) is 11.6 Å². The second-order valence-electron chi connectivity index (χ2n) is 13.5. The highest BCUT2D eigenvalue weighted by molar-refractivity contribution is 6.99. The van der Waals surface area contributed by atoms with Crippen molar-refractivity contribution in [2.24, 2.45) is 11.8 Å². The van der Waals surface area contributed by atoms with E-state index in [-0.39, 0.29) is 17.5 Å². The number of pyridine rings is 1. The number of rotatable bonds is 1. The molecule has 0 spiro atoms. The van der Waals surface area contributed by atoms with Gasteiger partial charge >= 0.3 is 0 Å². The van der Waals surface area contributed by atoms with Gasteiger partial charge in [0.1, 0.15) is 5.75 Å². The Morgan fingerprint density at radius 2 is 1.64 bits per heavy atom. The second kappa shape index (κ2) is 6.97. The molecule has 2 bridgehead atoms. The molecule has 9 rings (SSSR count). The van der Waals surface area contributed by atoms with Gasteiger partial charge in [-0.2, -0.15) is 0 Å². The van der Waals surface area contributed by atoms with Crippen molar-refractivity contribution in [1.29, 1.82) is 0 Å². The minimum atomic E-state index is 0.147. The molecule has 3 nitrogen and oxygen atoms in total. The Hall–Kier alpha value is -2.75. The van der Waals surface area contributed by atoms with Crippen molar-refractivity contribution < 1.29 is 4.74 Å². The molecule has 4 aliphatic carbocycles. The SMILES string of the molecule is CC1(C)CC(C)(C)c2cc3c(cc21)Oc1nccc2c1B3c1ccccc1N2C1CC2CCC1CC2. The third kappa shape index (κ3) is 2.74. The van der Waals surface area contributed by atoms with E-state index in [0.29, 0.717) is 6.04 Å². The molecule has 1 unspecified atom stereocenters. The first-order valence-electron chi connectivity index (χ1n) is 14.1. The topological polar surface area (TPSA) is 25.4 Å². The summed E-state index contributed by atoms with van der Waals surface area (Å²) in [5.41, 5.74) is 9.98. The van der Waals surface area contributed by atoms with Gasteiger partial charge in [-0.25, -0.2) is 4.98 Å². The van der Waals surface area contributed by atoms with E-state index in [0.717, 1.165) is 29.9 Å². The van der Waals surface area contributed by atoms with Crippen LogP contribution in [0.2, 0.25) is 0 Å². The Bertz CT molecular complexity index is 1420. The number of nitrogens with zero attached hydrogens (tertiary/aromatic N) is 2. The van der Waals surface area contributed by atoms with Gasteiger partial charge in [-0.1, -0.05) is 64.8 Å². The predicted molar refractivity (Wildman–Crippen MR) is 149 cm³/mol. The summed E-state index contributed by atoms with van der Waals surface area (Å²) in [6.07, 6.45) is 10.0. The predicted octanol–water partition coefficient (Wildman–Crippen LogP) is 5.69. The maximum atomic E-state index is 6.69. The maximum Gasteiger partial charge on any atom is 0.258 e. The molecule has 3 heterocycles. The van der Waals surface area contributed by atoms with Crippen LogP contribution in [0.25, 0.3) is 0 Å². The molecular formula is C32H35BN2O. The van der Waals surface area contributed by atoms with Gasteiger partial charge in [0.2, 0.25) is 5.88 Å². The Morgan fingerprint density at radius 3 is 2.39 bits per heavy atom. The zero-order valence-corrected chi connectivity index (χ0v) is 22.0. The summed E-state index contributed by atoms with van der Waals surface area (Å²) in [7, 11) is 0. The third-order valence-electron chi connectivity index (χ3n) is 10.3. The van der Waals surface area contributed by atoms with Crippen molar-refractivity contribution >= 4 is 34.5 Å². The summed E-state index contributed by atoms with van der Waals surface area (Å²) in [5.74, 6) is 3.47. The number of fused-ring (bicyclic) bond motifs is 8. The standard InChI is InChI=1S/C32H35BN2O/c1-31(2)18-32(3,4)22-17-28-24(16-21(22)31)33-23-7-5-6-8-25(23)35(26-13-14-34-30(36-28)29(26)33)27-15-19-9-11-20(27)12-10-19/h5-8,13-14,16-17,19-20,27H,9-12,15,18H2,1-4H3. The van der Waals surface area contributed by atoms with E-state index in [1.54, 1.807) is 0 Å². The number of aromatic nitrogens is 1. The van der Waals surface area contributed by atoms with Crippen molar-refractivity contribution in [3.8, 4) is 11.6 Å². The maximum absolute atomic E-state index is 6.69. The molecule has 2 aromatic carbocycles. The molecule has 182 valence electrons. The number of benzene rings is 2. The Kier molecular flexibility index (Phi) is 4.13. The molecule has 0 N–H and O–H groups in total. The number of hydrogen-bond donors (Lipinski definition) is 0. The first kappa shape index (κ1) is 21.4. The lowest BCUT2D eigenvalue weighted by Crippen LogP contribution is -2.62. The quantitative estimate of drug-likeness (QED) is 0.332. The van der Waals surface area contributed by atoms with Crippen LogP contribution in [0.4, 0.5) is 11.4 Å². The monoisotopic (exact) mass is 474 g/mol. The molecule has 2 aliphatic heterocycles. The zero-order valence-electron chi connectivity index (χ0n) is 22.0. The van der Waals surface area contributed by atoms with Crippen molar-refractivity contribution in [3.05, 3.63) is 59.8 Å². The Morgan fingerprint density at radius 1 is 0.889 bits per heavy atom. The molecule has 6 aliphatic rings. The van der Waals surface area contributed by atoms with E-state index in [4.69, 9.17) is 9.72 Å². The molecule has 0 saturated heterocycles. The van der Waals surface area contributed by atoms with Gasteiger partial charge in [-0.3, -0.25) is 0 Å². The van der Waals surface area contributed by atoms with Crippen LogP contribution in [-0.4, -0.2) is 17.7 Å². The van der Waals surface area contributed by atoms with Crippen molar-refractivity contribution in [2.45, 2.75) is 83.1 Å². The lowest BCUT2D eigenvalue weighted by atomic mass is 9.34. The number of para-hydroxylation sites is 1. The van der Waals surface area contributed by atoms with Gasteiger partial charge in [-0.05, 0) is 88.6 Å². The molecule has 0 amide bonds. The Balaban J connectivity index is 1.36. The molecule has 3 fully saturated rings. The first-order valence-corrected chi connectivity index (χ1v) is 14.1. The number of anilines is 2. The normalized spacial score (nSPS) is 27.6. The fourth-order valence-electron chi connectivity index (χ4n) is 9.01. The van der Waals surface area contributed by atoms with Crippen LogP contribution in [0, 0.1) is 11.8 Å². The van der Waals surface area contributed by atoms with Gasteiger partial charge in [0.05, 0.1) is 0 Å². The van der Waals surface area contributed by atoms with Gasteiger partial charge in [0, 0.05) is 29.1 Å². The van der Waals surface area contributed by atoms with Gasteiger partial charge in [-0.15, -0.1) is 0 Å². The van der Waals surface area contributed by atoms with E-state index < -0.39 is 0 Å². The summed E-state index contributed by atoms with van der Waals surface area (Å²) >= 11 is 0. The van der Waals surface area contributed by atoms with Crippen molar-refractivity contribution in [1.82, 2.24) is 4.98 Å². The fourth-order valence-corrected chi connectivity index (χ4v) is 9.01. The largest absolute Gasteiger partial charge is 0.440 e. The first-order chi connectivity index (χ1) is 17.3. The van der Waals surface area contributed by atoms with Crippen molar-refractivity contribution in [3.63, 3.8) is 0 Å². The molecule has 0 radical (unpaired) electrons. The van der Waals surface area contributed by atoms with E-state index in [1.165, 1.54) is 71.0 Å². The van der Waals surface area contributed by atoms with Crippen LogP contribution < -0.4 is 26.0 Å². The van der Waals surface area contributed by atoms with E-state index in [2.05, 4.69) is 75.1 Å². The third-order valence-corrected chi connectivity index (χ3v) is 10.3. The van der Waals surface area contributed by atoms with E-state index in [9.17, 15) is 0 Å². The number of hydrogen-bond acceptors (Lipinski definition) is 3. The average Bonchev–Trinajstić information content (AvgIpc) is 3.06. The zero-order chi connectivity index (χ0) is 24.4. The lowest BCUT2D eigenvalue weighted by molar-refractivity contribution is 0.147. The van der Waals surface area contributed by atoms with Gasteiger partial charge in [0.15, 0.2) is 0 Å².